The molecule has 31 heavy (non-hydrogen) atoms. The summed E-state index contributed by atoms with van der Waals surface area (Å²) in [5.41, 5.74) is 3.05. The molecule has 5 rings (SSSR count). The highest BCUT2D eigenvalue weighted by Crippen LogP contribution is 2.45. The Morgan fingerprint density at radius 3 is 2.65 bits per heavy atom. The predicted octanol–water partition coefficient (Wildman–Crippen LogP) is 5.27. The van der Waals surface area contributed by atoms with E-state index in [1.165, 1.54) is 16.2 Å². The average Bonchev–Trinajstić information content (AvgIpc) is 3.46. The molecule has 1 saturated heterocycles. The van der Waals surface area contributed by atoms with Gasteiger partial charge in [0.05, 0.1) is 12.2 Å². The van der Waals surface area contributed by atoms with Crippen molar-refractivity contribution in [3.8, 4) is 5.75 Å². The Bertz CT molecular complexity index is 1240. The summed E-state index contributed by atoms with van der Waals surface area (Å²) in [4.78, 5) is 28.6. The lowest BCUT2D eigenvalue weighted by Crippen LogP contribution is -2.29. The number of carbonyl (C=O) groups excluding carboxylic acids is 2. The van der Waals surface area contributed by atoms with E-state index in [1.807, 2.05) is 24.4 Å². The molecule has 1 atom stereocenters. The molecule has 3 heterocycles. The van der Waals surface area contributed by atoms with Crippen LogP contribution < -0.4 is 9.64 Å². The van der Waals surface area contributed by atoms with Gasteiger partial charge in [-0.2, -0.15) is 0 Å². The van der Waals surface area contributed by atoms with E-state index in [0.29, 0.717) is 22.9 Å². The SMILES string of the molecule is Cc1ccsc1C1/C(=C(/O)c2ccc3c(c2)CCO3)C(=O)C(=O)N1c1ccc(Cl)cc1. The highest BCUT2D eigenvalue weighted by molar-refractivity contribution is 7.10. The monoisotopic (exact) mass is 451 g/mol. The molecule has 5 nitrogen and oxygen atoms in total. The third-order valence-corrected chi connectivity index (χ3v) is 6.99. The van der Waals surface area contributed by atoms with E-state index in [0.717, 1.165) is 28.2 Å². The lowest BCUT2D eigenvalue weighted by atomic mass is 9.97. The van der Waals surface area contributed by atoms with Gasteiger partial charge in [-0.3, -0.25) is 14.5 Å². The molecule has 1 amide bonds. The minimum Gasteiger partial charge on any atom is -0.507 e. The first-order valence-corrected chi connectivity index (χ1v) is 11.1. The van der Waals surface area contributed by atoms with Gasteiger partial charge < -0.3 is 9.84 Å². The average molecular weight is 452 g/mol. The number of aliphatic hydroxyl groups excluding tert-OH is 1. The van der Waals surface area contributed by atoms with Crippen LogP contribution in [0.5, 0.6) is 5.75 Å². The first-order valence-electron chi connectivity index (χ1n) is 9.82. The largest absolute Gasteiger partial charge is 0.507 e. The molecule has 0 spiro atoms. The Hall–Kier alpha value is -3.09. The molecule has 0 radical (unpaired) electrons. The summed E-state index contributed by atoms with van der Waals surface area (Å²) in [5, 5.41) is 13.7. The number of thiophene rings is 1. The van der Waals surface area contributed by atoms with E-state index >= 15 is 0 Å². The minimum atomic E-state index is -0.717. The molecule has 0 aliphatic carbocycles. The molecule has 1 N–H and O–H groups in total. The van der Waals surface area contributed by atoms with Gasteiger partial charge in [0.1, 0.15) is 17.6 Å². The third-order valence-electron chi connectivity index (χ3n) is 5.66. The fourth-order valence-electron chi connectivity index (χ4n) is 4.10. The number of hydrogen-bond acceptors (Lipinski definition) is 5. The van der Waals surface area contributed by atoms with Crippen molar-refractivity contribution in [1.82, 2.24) is 0 Å². The third kappa shape index (κ3) is 3.23. The van der Waals surface area contributed by atoms with Crippen molar-refractivity contribution in [2.45, 2.75) is 19.4 Å². The van der Waals surface area contributed by atoms with Crippen LogP contribution in [0.1, 0.15) is 27.6 Å². The van der Waals surface area contributed by atoms with Crippen molar-refractivity contribution in [3.63, 3.8) is 0 Å². The number of Topliss-reactive ketones (excluding diaryl/α,β-unsaturated/α-hetero) is 1. The van der Waals surface area contributed by atoms with E-state index in [9.17, 15) is 14.7 Å². The Labute approximate surface area is 188 Å². The van der Waals surface area contributed by atoms with E-state index in [4.69, 9.17) is 16.3 Å². The van der Waals surface area contributed by atoms with Gasteiger partial charge in [0.2, 0.25) is 0 Å². The second kappa shape index (κ2) is 7.55. The molecule has 2 aromatic carbocycles. The smallest absolute Gasteiger partial charge is 0.300 e. The number of carbonyl (C=O) groups is 2. The van der Waals surface area contributed by atoms with Crippen LogP contribution in [0.3, 0.4) is 0 Å². The van der Waals surface area contributed by atoms with Crippen LogP contribution in [0.4, 0.5) is 5.69 Å². The Morgan fingerprint density at radius 1 is 1.16 bits per heavy atom. The molecule has 1 fully saturated rings. The Morgan fingerprint density at radius 2 is 1.94 bits per heavy atom. The second-order valence-corrected chi connectivity index (χ2v) is 8.92. The van der Waals surface area contributed by atoms with Crippen LogP contribution in [0.2, 0.25) is 5.02 Å². The maximum atomic E-state index is 13.2. The maximum Gasteiger partial charge on any atom is 0.300 e. The van der Waals surface area contributed by atoms with Crippen LogP contribution in [-0.4, -0.2) is 23.4 Å². The summed E-state index contributed by atoms with van der Waals surface area (Å²) in [6, 6.07) is 13.3. The Balaban J connectivity index is 1.70. The lowest BCUT2D eigenvalue weighted by molar-refractivity contribution is -0.132. The zero-order valence-corrected chi connectivity index (χ0v) is 18.2. The molecule has 2 aliphatic heterocycles. The van der Waals surface area contributed by atoms with Crippen molar-refractivity contribution < 1.29 is 19.4 Å². The topological polar surface area (TPSA) is 66.8 Å². The minimum absolute atomic E-state index is 0.0874. The number of hydrogen-bond donors (Lipinski definition) is 1. The van der Waals surface area contributed by atoms with Crippen LogP contribution in [0.25, 0.3) is 5.76 Å². The van der Waals surface area contributed by atoms with Gasteiger partial charge in [-0.15, -0.1) is 11.3 Å². The molecule has 0 bridgehead atoms. The molecule has 156 valence electrons. The summed E-state index contributed by atoms with van der Waals surface area (Å²) in [5.74, 6) is -0.778. The fraction of sp³-hybridized carbons (Fsp3) is 0.167. The number of anilines is 1. The second-order valence-electron chi connectivity index (χ2n) is 7.53. The highest BCUT2D eigenvalue weighted by Gasteiger charge is 2.48. The zero-order chi connectivity index (χ0) is 21.7. The van der Waals surface area contributed by atoms with Gasteiger partial charge in [-0.05, 0) is 72.0 Å². The number of nitrogens with zero attached hydrogens (tertiary/aromatic N) is 1. The molecule has 3 aromatic rings. The predicted molar refractivity (Wildman–Crippen MR) is 121 cm³/mol. The number of aliphatic hydroxyl groups is 1. The quantitative estimate of drug-likeness (QED) is 0.334. The number of halogens is 1. The maximum absolute atomic E-state index is 13.2. The summed E-state index contributed by atoms with van der Waals surface area (Å²) >= 11 is 7.47. The molecular formula is C24H18ClNO4S. The summed E-state index contributed by atoms with van der Waals surface area (Å²) in [7, 11) is 0. The molecule has 7 heteroatoms. The Kier molecular flexibility index (Phi) is 4.84. The normalized spacial score (nSPS) is 19.5. The zero-order valence-electron chi connectivity index (χ0n) is 16.6. The molecular weight excluding hydrogens is 434 g/mol. The number of amides is 1. The first-order chi connectivity index (χ1) is 15.0. The van der Waals surface area contributed by atoms with Gasteiger partial charge in [0.25, 0.3) is 11.7 Å². The number of aryl methyl sites for hydroxylation is 1. The summed E-state index contributed by atoms with van der Waals surface area (Å²) < 4.78 is 5.54. The number of benzene rings is 2. The molecule has 0 saturated carbocycles. The fourth-order valence-corrected chi connectivity index (χ4v) is 5.25. The van der Waals surface area contributed by atoms with Crippen molar-refractivity contribution in [2.24, 2.45) is 0 Å². The van der Waals surface area contributed by atoms with Crippen molar-refractivity contribution in [2.75, 3.05) is 11.5 Å². The number of fused-ring (bicyclic) bond motifs is 1. The van der Waals surface area contributed by atoms with Gasteiger partial charge in [0.15, 0.2) is 0 Å². The van der Waals surface area contributed by atoms with Crippen LogP contribution in [0, 0.1) is 6.92 Å². The number of ketones is 1. The van der Waals surface area contributed by atoms with Crippen molar-refractivity contribution in [1.29, 1.82) is 0 Å². The first kappa shape index (κ1) is 19.8. The van der Waals surface area contributed by atoms with E-state index in [1.54, 1.807) is 36.4 Å². The molecule has 1 aromatic heterocycles. The van der Waals surface area contributed by atoms with E-state index < -0.39 is 17.7 Å². The summed E-state index contributed by atoms with van der Waals surface area (Å²) in [6.45, 7) is 2.52. The number of rotatable bonds is 3. The van der Waals surface area contributed by atoms with Gasteiger partial charge in [-0.1, -0.05) is 11.6 Å². The summed E-state index contributed by atoms with van der Waals surface area (Å²) in [6.07, 6.45) is 0.739. The van der Waals surface area contributed by atoms with E-state index in [2.05, 4.69) is 0 Å². The van der Waals surface area contributed by atoms with Crippen LogP contribution in [-0.2, 0) is 16.0 Å². The highest BCUT2D eigenvalue weighted by atomic mass is 35.5. The van der Waals surface area contributed by atoms with Crippen LogP contribution >= 0.6 is 22.9 Å². The van der Waals surface area contributed by atoms with Crippen molar-refractivity contribution >= 4 is 46.1 Å². The standard InChI is InChI=1S/C24H18ClNO4S/c1-13-9-11-31-23(13)20-19(21(27)15-2-7-18-14(12-15)8-10-30-18)22(28)24(29)26(20)17-5-3-16(25)4-6-17/h2-7,9,11-12,20,27H,8,10H2,1H3/b21-19-. The van der Waals surface area contributed by atoms with Gasteiger partial charge in [0, 0.05) is 27.6 Å². The van der Waals surface area contributed by atoms with E-state index in [-0.39, 0.29) is 11.3 Å². The lowest BCUT2D eigenvalue weighted by Gasteiger charge is -2.25. The van der Waals surface area contributed by atoms with Gasteiger partial charge in [-0.25, -0.2) is 0 Å². The van der Waals surface area contributed by atoms with Crippen LogP contribution in [0.15, 0.2) is 59.5 Å². The number of ether oxygens (including phenoxy) is 1. The molecule has 1 unspecified atom stereocenters. The van der Waals surface area contributed by atoms with Crippen molar-refractivity contribution in [3.05, 3.63) is 86.1 Å². The molecule has 2 aliphatic rings. The van der Waals surface area contributed by atoms with Gasteiger partial charge >= 0.3 is 0 Å².